The molecule has 1 aliphatic rings. The minimum Gasteiger partial charge on any atom is -0.469 e. The summed E-state index contributed by atoms with van der Waals surface area (Å²) in [5, 5.41) is 0. The van der Waals surface area contributed by atoms with Crippen LogP contribution < -0.4 is 5.73 Å². The summed E-state index contributed by atoms with van der Waals surface area (Å²) in [4.78, 5) is 11.3. The van der Waals surface area contributed by atoms with Gasteiger partial charge < -0.3 is 10.5 Å². The molecule has 110 valence electrons. The number of rotatable bonds is 3. The molecule has 0 aliphatic heterocycles. The molecule has 3 nitrogen and oxygen atoms in total. The third-order valence-corrected chi connectivity index (χ3v) is 3.86. The fourth-order valence-electron chi connectivity index (χ4n) is 2.78. The maximum absolute atomic E-state index is 11.3. The molecule has 2 N–H and O–H groups in total. The third-order valence-electron chi connectivity index (χ3n) is 3.86. The van der Waals surface area contributed by atoms with Crippen molar-refractivity contribution in [2.24, 2.45) is 5.73 Å². The Morgan fingerprint density at radius 2 is 1.90 bits per heavy atom. The van der Waals surface area contributed by atoms with E-state index >= 15 is 0 Å². The van der Waals surface area contributed by atoms with E-state index in [0.717, 1.165) is 12.0 Å². The lowest BCUT2D eigenvalue weighted by Crippen LogP contribution is -2.16. The Hall–Kier alpha value is -1.84. The first kappa shape index (κ1) is 15.5. The Morgan fingerprint density at radius 1 is 1.19 bits per heavy atom. The number of nitrogens with two attached hydrogens (primary N) is 1. The van der Waals surface area contributed by atoms with Gasteiger partial charge in [-0.05, 0) is 34.2 Å². The monoisotopic (exact) mass is 303 g/mol. The molecule has 0 heterocycles. The molecular formula is C17H18ClNO2. The molecule has 0 unspecified atom stereocenters. The van der Waals surface area contributed by atoms with Gasteiger partial charge in [-0.2, -0.15) is 0 Å². The molecule has 2 aromatic carbocycles. The zero-order valence-corrected chi connectivity index (χ0v) is 12.7. The highest BCUT2D eigenvalue weighted by atomic mass is 35.5. The van der Waals surface area contributed by atoms with Gasteiger partial charge in [0.2, 0.25) is 0 Å². The largest absolute Gasteiger partial charge is 0.469 e. The van der Waals surface area contributed by atoms with Crippen LogP contribution in [0.15, 0.2) is 42.5 Å². The van der Waals surface area contributed by atoms with Crippen molar-refractivity contribution in [2.45, 2.75) is 18.9 Å². The standard InChI is InChI=1S/C17H17NO2.ClH/c1-20-17(19)10-16(18)12-6-7-15-13(9-12)8-11-4-2-3-5-14(11)15;/h2-7,9,16H,8,10,18H2,1H3;1H/t16-;/m1./s1. The zero-order valence-electron chi connectivity index (χ0n) is 11.8. The zero-order chi connectivity index (χ0) is 14.1. The molecule has 3 rings (SSSR count). The van der Waals surface area contributed by atoms with Crippen molar-refractivity contribution >= 4 is 18.4 Å². The maximum Gasteiger partial charge on any atom is 0.307 e. The molecule has 1 atom stereocenters. The highest BCUT2D eigenvalue weighted by Gasteiger charge is 2.20. The number of ether oxygens (including phenoxy) is 1. The fourth-order valence-corrected chi connectivity index (χ4v) is 2.78. The summed E-state index contributed by atoms with van der Waals surface area (Å²) in [6, 6.07) is 14.3. The number of fused-ring (bicyclic) bond motifs is 3. The lowest BCUT2D eigenvalue weighted by Gasteiger charge is -2.12. The number of carbonyl (C=O) groups excluding carboxylic acids is 1. The SMILES string of the molecule is COC(=O)C[C@@H](N)c1ccc2c(c1)Cc1ccccc1-2.Cl. The first-order chi connectivity index (χ1) is 9.69. The van der Waals surface area contributed by atoms with Crippen LogP contribution in [0.2, 0.25) is 0 Å². The van der Waals surface area contributed by atoms with Crippen molar-refractivity contribution in [1.29, 1.82) is 0 Å². The molecule has 2 aromatic rings. The van der Waals surface area contributed by atoms with Crippen LogP contribution in [0.25, 0.3) is 11.1 Å². The topological polar surface area (TPSA) is 52.3 Å². The minimum atomic E-state index is -0.309. The summed E-state index contributed by atoms with van der Waals surface area (Å²) in [6.45, 7) is 0. The van der Waals surface area contributed by atoms with Crippen LogP contribution in [0.5, 0.6) is 0 Å². The minimum absolute atomic E-state index is 0. The number of hydrogen-bond donors (Lipinski definition) is 1. The number of halogens is 1. The van der Waals surface area contributed by atoms with Gasteiger partial charge in [0.05, 0.1) is 13.5 Å². The van der Waals surface area contributed by atoms with Gasteiger partial charge in [0.25, 0.3) is 0 Å². The van der Waals surface area contributed by atoms with Crippen LogP contribution in [-0.4, -0.2) is 13.1 Å². The van der Waals surface area contributed by atoms with Crippen LogP contribution in [-0.2, 0) is 16.0 Å². The van der Waals surface area contributed by atoms with Crippen molar-refractivity contribution in [2.75, 3.05) is 7.11 Å². The predicted molar refractivity (Wildman–Crippen MR) is 85.5 cm³/mol. The number of hydrogen-bond acceptors (Lipinski definition) is 3. The van der Waals surface area contributed by atoms with Gasteiger partial charge in [-0.1, -0.05) is 42.5 Å². The number of carbonyl (C=O) groups is 1. The molecule has 0 spiro atoms. The fraction of sp³-hybridized carbons (Fsp3) is 0.235. The summed E-state index contributed by atoms with van der Waals surface area (Å²) in [7, 11) is 1.38. The lowest BCUT2D eigenvalue weighted by molar-refractivity contribution is -0.141. The van der Waals surface area contributed by atoms with Gasteiger partial charge in [-0.25, -0.2) is 0 Å². The summed E-state index contributed by atoms with van der Waals surface area (Å²) < 4.78 is 4.67. The Bertz CT molecular complexity index is 670. The Balaban J connectivity index is 0.00000161. The van der Waals surface area contributed by atoms with Crippen molar-refractivity contribution in [3.8, 4) is 11.1 Å². The quantitative estimate of drug-likeness (QED) is 0.756. The number of esters is 1. The average molecular weight is 304 g/mol. The molecule has 0 saturated heterocycles. The molecule has 21 heavy (non-hydrogen) atoms. The Kier molecular flexibility index (Phi) is 4.66. The molecule has 0 radical (unpaired) electrons. The van der Waals surface area contributed by atoms with Crippen molar-refractivity contribution < 1.29 is 9.53 Å². The summed E-state index contributed by atoms with van der Waals surface area (Å²) in [6.07, 6.45) is 1.15. The van der Waals surface area contributed by atoms with Crippen LogP contribution in [0.3, 0.4) is 0 Å². The molecule has 0 bridgehead atoms. The molecule has 0 fully saturated rings. The molecular weight excluding hydrogens is 286 g/mol. The summed E-state index contributed by atoms with van der Waals surface area (Å²) >= 11 is 0. The van der Waals surface area contributed by atoms with E-state index in [0.29, 0.717) is 0 Å². The van der Waals surface area contributed by atoms with E-state index < -0.39 is 0 Å². The van der Waals surface area contributed by atoms with E-state index in [2.05, 4.69) is 41.1 Å². The normalized spacial score (nSPS) is 12.9. The van der Waals surface area contributed by atoms with E-state index in [9.17, 15) is 4.79 Å². The van der Waals surface area contributed by atoms with Gasteiger partial charge in [-0.3, -0.25) is 4.79 Å². The second-order valence-electron chi connectivity index (χ2n) is 5.14. The van der Waals surface area contributed by atoms with Crippen molar-refractivity contribution in [3.05, 3.63) is 59.2 Å². The second-order valence-corrected chi connectivity index (χ2v) is 5.14. The molecule has 0 aromatic heterocycles. The maximum atomic E-state index is 11.3. The predicted octanol–water partition coefficient (Wildman–Crippen LogP) is 3.24. The van der Waals surface area contributed by atoms with Crippen LogP contribution >= 0.6 is 12.4 Å². The summed E-state index contributed by atoms with van der Waals surface area (Å²) in [5.41, 5.74) is 12.3. The lowest BCUT2D eigenvalue weighted by atomic mass is 9.98. The van der Waals surface area contributed by atoms with Gasteiger partial charge in [-0.15, -0.1) is 12.4 Å². The third kappa shape index (κ3) is 2.94. The average Bonchev–Trinajstić information content (AvgIpc) is 2.84. The second kappa shape index (κ2) is 6.29. The first-order valence-electron chi connectivity index (χ1n) is 6.72. The van der Waals surface area contributed by atoms with Gasteiger partial charge in [0.1, 0.15) is 0 Å². The van der Waals surface area contributed by atoms with Gasteiger partial charge >= 0.3 is 5.97 Å². The smallest absolute Gasteiger partial charge is 0.307 e. The number of methoxy groups -OCH3 is 1. The summed E-state index contributed by atoms with van der Waals surface area (Å²) in [5.74, 6) is -0.277. The molecule has 0 saturated carbocycles. The first-order valence-corrected chi connectivity index (χ1v) is 6.72. The van der Waals surface area contributed by atoms with E-state index in [1.807, 2.05) is 6.07 Å². The van der Waals surface area contributed by atoms with Crippen LogP contribution in [0.4, 0.5) is 0 Å². The van der Waals surface area contributed by atoms with Crippen molar-refractivity contribution in [3.63, 3.8) is 0 Å². The Labute approximate surface area is 130 Å². The molecule has 4 heteroatoms. The Morgan fingerprint density at radius 3 is 2.67 bits per heavy atom. The van der Waals surface area contributed by atoms with Crippen LogP contribution in [0.1, 0.15) is 29.2 Å². The highest BCUT2D eigenvalue weighted by molar-refractivity contribution is 5.85. The van der Waals surface area contributed by atoms with E-state index in [1.54, 1.807) is 0 Å². The highest BCUT2D eigenvalue weighted by Crippen LogP contribution is 2.37. The van der Waals surface area contributed by atoms with Crippen molar-refractivity contribution in [1.82, 2.24) is 0 Å². The van der Waals surface area contributed by atoms with Gasteiger partial charge in [0.15, 0.2) is 0 Å². The molecule has 0 amide bonds. The van der Waals surface area contributed by atoms with Crippen LogP contribution in [0, 0.1) is 0 Å². The van der Waals surface area contributed by atoms with E-state index in [-0.39, 0.29) is 30.8 Å². The van der Waals surface area contributed by atoms with E-state index in [4.69, 9.17) is 5.73 Å². The number of benzene rings is 2. The van der Waals surface area contributed by atoms with E-state index in [1.165, 1.54) is 29.4 Å². The van der Waals surface area contributed by atoms with Gasteiger partial charge in [0, 0.05) is 6.04 Å². The molecule has 1 aliphatic carbocycles.